The number of aryl methyl sites for hydroxylation is 1. The number of fused-ring (bicyclic) bond motifs is 5. The zero-order valence-electron chi connectivity index (χ0n) is 25.9. The molecule has 3 atom stereocenters. The van der Waals surface area contributed by atoms with Gasteiger partial charge in [0.15, 0.2) is 5.50 Å². The summed E-state index contributed by atoms with van der Waals surface area (Å²) in [6, 6.07) is 25.2. The summed E-state index contributed by atoms with van der Waals surface area (Å²) in [5, 5.41) is 24.0. The van der Waals surface area contributed by atoms with E-state index in [1.165, 1.54) is 38.9 Å². The zero-order chi connectivity index (χ0) is 32.4. The van der Waals surface area contributed by atoms with Crippen LogP contribution in [-0.2, 0) is 34.3 Å². The summed E-state index contributed by atoms with van der Waals surface area (Å²) in [4.78, 5) is 13.7. The summed E-state index contributed by atoms with van der Waals surface area (Å²) in [6.45, 7) is 3.97. The van der Waals surface area contributed by atoms with E-state index in [1.54, 1.807) is 0 Å². The zero-order valence-corrected chi connectivity index (χ0v) is 26.7. The monoisotopic (exact) mass is 641 g/mol. The summed E-state index contributed by atoms with van der Waals surface area (Å²) in [6.07, 6.45) is 4.10. The summed E-state index contributed by atoms with van der Waals surface area (Å²) in [7, 11) is -4.62. The van der Waals surface area contributed by atoms with E-state index in [9.17, 15) is 22.9 Å². The van der Waals surface area contributed by atoms with E-state index in [-0.39, 0.29) is 30.5 Å². The molecule has 2 unspecified atom stereocenters. The minimum absolute atomic E-state index is 0.0126. The van der Waals surface area contributed by atoms with E-state index in [1.807, 2.05) is 50.2 Å². The molecule has 0 saturated heterocycles. The van der Waals surface area contributed by atoms with Crippen LogP contribution in [0.4, 0.5) is 5.69 Å². The summed E-state index contributed by atoms with van der Waals surface area (Å²) in [5.41, 5.74) is 2.62. The average molecular weight is 642 g/mol. The molecule has 0 radical (unpaired) electrons. The van der Waals surface area contributed by atoms with Crippen molar-refractivity contribution in [3.05, 3.63) is 107 Å². The molecule has 1 aliphatic rings. The molecule has 1 amide bonds. The second-order valence-electron chi connectivity index (χ2n) is 12.5. The van der Waals surface area contributed by atoms with Gasteiger partial charge in [0.25, 0.3) is 10.1 Å². The smallest absolute Gasteiger partial charge is 0.306 e. The van der Waals surface area contributed by atoms with Gasteiger partial charge >= 0.3 is 5.95 Å². The number of carbonyl (C=O) groups excluding carboxylic acids is 1. The second-order valence-corrected chi connectivity index (χ2v) is 14.0. The first-order chi connectivity index (χ1) is 22.1. The lowest BCUT2D eigenvalue weighted by Crippen LogP contribution is -2.55. The molecule has 6 rings (SSSR count). The number of carbonyl (C=O) groups is 1. The SMILES string of the molecule is CC(C)C[C@H](NC(NCc1ccccc1)S(=O)(=O)O)C(=O)Nc1c(C2CCc3c(ccc4c3ccc3ccccc34)C2)coc1O. The fourth-order valence-corrected chi connectivity index (χ4v) is 7.22. The number of amides is 1. The molecule has 1 aromatic heterocycles. The highest BCUT2D eigenvalue weighted by atomic mass is 32.2. The van der Waals surface area contributed by atoms with Crippen molar-refractivity contribution in [3.8, 4) is 5.95 Å². The summed E-state index contributed by atoms with van der Waals surface area (Å²) >= 11 is 0. The van der Waals surface area contributed by atoms with E-state index in [2.05, 4.69) is 58.4 Å². The topological polar surface area (TPSA) is 141 Å². The molecule has 1 heterocycles. The van der Waals surface area contributed by atoms with Gasteiger partial charge in [0.05, 0.1) is 6.04 Å². The first-order valence-corrected chi connectivity index (χ1v) is 17.1. The van der Waals surface area contributed by atoms with Gasteiger partial charge in [-0.1, -0.05) is 92.7 Å². The highest BCUT2D eigenvalue weighted by molar-refractivity contribution is 7.86. The molecular formula is C36H39N3O6S. The number of nitrogens with one attached hydrogen (secondary N) is 3. The highest BCUT2D eigenvalue weighted by Crippen LogP contribution is 2.43. The van der Waals surface area contributed by atoms with Crippen molar-refractivity contribution in [1.82, 2.24) is 10.6 Å². The van der Waals surface area contributed by atoms with Gasteiger partial charge in [-0.25, -0.2) is 0 Å². The maximum Gasteiger partial charge on any atom is 0.306 e. The summed E-state index contributed by atoms with van der Waals surface area (Å²) < 4.78 is 40.0. The van der Waals surface area contributed by atoms with Crippen LogP contribution in [0, 0.1) is 5.92 Å². The van der Waals surface area contributed by atoms with Gasteiger partial charge in [-0.15, -0.1) is 0 Å². The second kappa shape index (κ2) is 13.3. The Morgan fingerprint density at radius 3 is 2.46 bits per heavy atom. The van der Waals surface area contributed by atoms with Crippen LogP contribution >= 0.6 is 0 Å². The van der Waals surface area contributed by atoms with Gasteiger partial charge < -0.3 is 14.8 Å². The molecule has 5 N–H and O–H groups in total. The van der Waals surface area contributed by atoms with Crippen LogP contribution in [0.25, 0.3) is 21.5 Å². The lowest BCUT2D eigenvalue weighted by atomic mass is 9.78. The van der Waals surface area contributed by atoms with Gasteiger partial charge in [0.1, 0.15) is 12.0 Å². The van der Waals surface area contributed by atoms with Crippen LogP contribution in [-0.4, -0.2) is 35.5 Å². The van der Waals surface area contributed by atoms with Gasteiger partial charge in [-0.2, -0.15) is 8.42 Å². The Balaban J connectivity index is 1.21. The Hall–Kier alpha value is -4.22. The first-order valence-electron chi connectivity index (χ1n) is 15.6. The van der Waals surface area contributed by atoms with E-state index < -0.39 is 33.5 Å². The van der Waals surface area contributed by atoms with E-state index in [4.69, 9.17) is 4.42 Å². The molecule has 1 aliphatic carbocycles. The van der Waals surface area contributed by atoms with Gasteiger partial charge in [0.2, 0.25) is 5.91 Å². The average Bonchev–Trinajstić information content (AvgIpc) is 3.40. The van der Waals surface area contributed by atoms with Crippen molar-refractivity contribution in [3.63, 3.8) is 0 Å². The van der Waals surface area contributed by atoms with Crippen molar-refractivity contribution in [2.45, 2.75) is 63.5 Å². The molecule has 4 aromatic carbocycles. The Bertz CT molecular complexity index is 1970. The molecule has 0 bridgehead atoms. The molecule has 0 spiro atoms. The van der Waals surface area contributed by atoms with E-state index >= 15 is 0 Å². The van der Waals surface area contributed by atoms with Crippen LogP contribution in [0.3, 0.4) is 0 Å². The van der Waals surface area contributed by atoms with Crippen molar-refractivity contribution in [1.29, 1.82) is 0 Å². The minimum Gasteiger partial charge on any atom is -0.479 e. The molecule has 10 heteroatoms. The number of hydrogen-bond donors (Lipinski definition) is 5. The van der Waals surface area contributed by atoms with Crippen LogP contribution in [0.1, 0.15) is 54.9 Å². The minimum atomic E-state index is -4.62. The molecule has 9 nitrogen and oxygen atoms in total. The Labute approximate surface area is 268 Å². The predicted octanol–water partition coefficient (Wildman–Crippen LogP) is 6.47. The van der Waals surface area contributed by atoms with Gasteiger partial charge in [-0.3, -0.25) is 20.0 Å². The standard InChI is InChI=1S/C36H39N3O6S/c1-22(2)18-32(38-36(46(42,43)44)37-20-23-8-4-3-5-9-23)34(40)39-33-31(21-45-35(33)41)26-13-15-28-25(19-26)14-17-29-27-11-7-6-10-24(27)12-16-30(28)29/h3-12,14,16-17,21-22,26,32,36-38,41H,13,15,18-20H2,1-2H3,(H,39,40)(H,42,43,44)/t26?,32-,36?/m0/s1. The Morgan fingerprint density at radius 1 is 0.957 bits per heavy atom. The molecule has 0 saturated carbocycles. The number of benzene rings is 4. The van der Waals surface area contributed by atoms with Crippen LogP contribution in [0.15, 0.2) is 89.5 Å². The Morgan fingerprint density at radius 2 is 1.70 bits per heavy atom. The molecule has 46 heavy (non-hydrogen) atoms. The maximum atomic E-state index is 13.7. The van der Waals surface area contributed by atoms with E-state index in [0.29, 0.717) is 12.0 Å². The molecule has 0 aliphatic heterocycles. The van der Waals surface area contributed by atoms with Gasteiger partial charge in [0, 0.05) is 12.1 Å². The number of anilines is 1. The molecule has 240 valence electrons. The summed E-state index contributed by atoms with van der Waals surface area (Å²) in [5.74, 6) is -0.953. The third-order valence-corrected chi connectivity index (χ3v) is 9.74. The predicted molar refractivity (Wildman–Crippen MR) is 180 cm³/mol. The van der Waals surface area contributed by atoms with Crippen molar-refractivity contribution in [2.24, 2.45) is 5.92 Å². The number of furan rings is 1. The van der Waals surface area contributed by atoms with Crippen molar-refractivity contribution in [2.75, 3.05) is 5.32 Å². The number of aromatic hydroxyl groups is 1. The third-order valence-electron chi connectivity index (χ3n) is 8.84. The largest absolute Gasteiger partial charge is 0.479 e. The van der Waals surface area contributed by atoms with Crippen molar-refractivity contribution >= 4 is 43.3 Å². The van der Waals surface area contributed by atoms with Crippen LogP contribution < -0.4 is 16.0 Å². The number of rotatable bonds is 11. The third kappa shape index (κ3) is 6.80. The lowest BCUT2D eigenvalue weighted by Gasteiger charge is -2.27. The molecular weight excluding hydrogens is 602 g/mol. The molecule has 5 aromatic rings. The fraction of sp³-hybridized carbons (Fsp3) is 0.306. The maximum absolute atomic E-state index is 13.7. The van der Waals surface area contributed by atoms with Crippen LogP contribution in [0.2, 0.25) is 0 Å². The molecule has 0 fully saturated rings. The van der Waals surface area contributed by atoms with Crippen molar-refractivity contribution < 1.29 is 27.3 Å². The van der Waals surface area contributed by atoms with Crippen LogP contribution in [0.5, 0.6) is 5.95 Å². The van der Waals surface area contributed by atoms with Gasteiger partial charge in [-0.05, 0) is 75.8 Å². The highest BCUT2D eigenvalue weighted by Gasteiger charge is 2.33. The number of hydrogen-bond acceptors (Lipinski definition) is 7. The fourth-order valence-electron chi connectivity index (χ4n) is 6.59. The normalized spacial score (nSPS) is 16.4. The van der Waals surface area contributed by atoms with E-state index in [0.717, 1.165) is 18.4 Å². The lowest BCUT2D eigenvalue weighted by molar-refractivity contribution is -0.118. The Kier molecular flexibility index (Phi) is 9.15. The quantitative estimate of drug-likeness (QED) is 0.0628. The first kappa shape index (κ1) is 31.7.